The number of primary amides is 1. The summed E-state index contributed by atoms with van der Waals surface area (Å²) < 4.78 is 5.61. The van der Waals surface area contributed by atoms with Crippen molar-refractivity contribution in [1.82, 2.24) is 0 Å². The summed E-state index contributed by atoms with van der Waals surface area (Å²) in [5.41, 5.74) is 5.10. The van der Waals surface area contributed by atoms with Gasteiger partial charge in [0.05, 0.1) is 6.10 Å². The molecule has 1 amide bonds. The van der Waals surface area contributed by atoms with Gasteiger partial charge in [-0.25, -0.2) is 0 Å². The number of ether oxygens (including phenoxy) is 1. The smallest absolute Gasteiger partial charge is 0.243 e. The van der Waals surface area contributed by atoms with Crippen molar-refractivity contribution < 1.29 is 9.53 Å². The van der Waals surface area contributed by atoms with Crippen LogP contribution in [-0.4, -0.2) is 18.6 Å². The average molecular weight is 213 g/mol. The van der Waals surface area contributed by atoms with Crippen LogP contribution in [0.4, 0.5) is 0 Å². The Labute approximate surface area is 92.4 Å². The first kappa shape index (κ1) is 12.5. The maximum Gasteiger partial charge on any atom is 0.243 e. The molecule has 0 heterocycles. The van der Waals surface area contributed by atoms with Gasteiger partial charge in [-0.15, -0.1) is 0 Å². The van der Waals surface area contributed by atoms with Gasteiger partial charge in [0.25, 0.3) is 0 Å². The molecule has 3 atom stereocenters. The van der Waals surface area contributed by atoms with Crippen molar-refractivity contribution >= 4 is 5.91 Å². The molecule has 88 valence electrons. The van der Waals surface area contributed by atoms with Crippen molar-refractivity contribution in [2.75, 3.05) is 6.61 Å². The van der Waals surface area contributed by atoms with Crippen LogP contribution in [-0.2, 0) is 9.53 Å². The highest BCUT2D eigenvalue weighted by molar-refractivity contribution is 5.75. The fourth-order valence-electron chi connectivity index (χ4n) is 2.86. The largest absolute Gasteiger partial charge is 0.368 e. The van der Waals surface area contributed by atoms with Gasteiger partial charge in [-0.3, -0.25) is 4.79 Å². The quantitative estimate of drug-likeness (QED) is 0.776. The van der Waals surface area contributed by atoms with Crippen LogP contribution in [0.3, 0.4) is 0 Å². The van der Waals surface area contributed by atoms with E-state index in [1.54, 1.807) is 0 Å². The predicted octanol–water partition coefficient (Wildman–Crippen LogP) is 1.95. The second kappa shape index (κ2) is 5.50. The first-order valence-corrected chi connectivity index (χ1v) is 5.92. The van der Waals surface area contributed by atoms with Crippen molar-refractivity contribution in [3.8, 4) is 0 Å². The van der Waals surface area contributed by atoms with Crippen molar-refractivity contribution in [3.05, 3.63) is 0 Å². The molecule has 0 aliphatic heterocycles. The minimum atomic E-state index is -0.365. The summed E-state index contributed by atoms with van der Waals surface area (Å²) in [5.74, 6) is 1.50. The van der Waals surface area contributed by atoms with Gasteiger partial charge in [0.15, 0.2) is 0 Å². The Kier molecular flexibility index (Phi) is 4.58. The molecule has 0 bridgehead atoms. The number of amides is 1. The zero-order valence-corrected chi connectivity index (χ0v) is 10.0. The van der Waals surface area contributed by atoms with Gasteiger partial charge in [-0.05, 0) is 24.2 Å². The zero-order chi connectivity index (χ0) is 11.4. The molecule has 1 rings (SSSR count). The molecule has 0 aromatic rings. The van der Waals surface area contributed by atoms with Crippen LogP contribution < -0.4 is 5.73 Å². The normalized spacial score (nSPS) is 31.9. The van der Waals surface area contributed by atoms with E-state index in [-0.39, 0.29) is 18.6 Å². The molecule has 2 N–H and O–H groups in total. The SMILES string of the molecule is CC(C)C1C(C)CCCC1OCC(N)=O. The van der Waals surface area contributed by atoms with Gasteiger partial charge in [-0.2, -0.15) is 0 Å². The molecule has 0 saturated heterocycles. The molecule has 1 aliphatic carbocycles. The van der Waals surface area contributed by atoms with E-state index < -0.39 is 0 Å². The molecule has 0 radical (unpaired) electrons. The summed E-state index contributed by atoms with van der Waals surface area (Å²) in [7, 11) is 0. The zero-order valence-electron chi connectivity index (χ0n) is 10.0. The van der Waals surface area contributed by atoms with Crippen LogP contribution in [0.5, 0.6) is 0 Å². The van der Waals surface area contributed by atoms with Crippen molar-refractivity contribution in [2.45, 2.75) is 46.1 Å². The fourth-order valence-corrected chi connectivity index (χ4v) is 2.86. The summed E-state index contributed by atoms with van der Waals surface area (Å²) in [6.07, 6.45) is 3.77. The van der Waals surface area contributed by atoms with Crippen molar-refractivity contribution in [3.63, 3.8) is 0 Å². The average Bonchev–Trinajstić information content (AvgIpc) is 2.13. The van der Waals surface area contributed by atoms with Gasteiger partial charge < -0.3 is 10.5 Å². The maximum atomic E-state index is 10.7. The summed E-state index contributed by atoms with van der Waals surface area (Å²) in [6, 6.07) is 0. The number of carbonyl (C=O) groups is 1. The van der Waals surface area contributed by atoms with E-state index >= 15 is 0 Å². The number of hydrogen-bond acceptors (Lipinski definition) is 2. The Morgan fingerprint density at radius 3 is 2.67 bits per heavy atom. The highest BCUT2D eigenvalue weighted by Gasteiger charge is 2.33. The molecule has 15 heavy (non-hydrogen) atoms. The Hall–Kier alpha value is -0.570. The second-order valence-electron chi connectivity index (χ2n) is 5.05. The summed E-state index contributed by atoms with van der Waals surface area (Å²) >= 11 is 0. The molecule has 0 spiro atoms. The summed E-state index contributed by atoms with van der Waals surface area (Å²) in [6.45, 7) is 6.81. The van der Waals surface area contributed by atoms with Crippen LogP contribution in [0.25, 0.3) is 0 Å². The van der Waals surface area contributed by atoms with Crippen LogP contribution in [0.1, 0.15) is 40.0 Å². The highest BCUT2D eigenvalue weighted by Crippen LogP contribution is 2.36. The summed E-state index contributed by atoms with van der Waals surface area (Å²) in [5, 5.41) is 0. The van der Waals surface area contributed by atoms with E-state index in [1.807, 2.05) is 0 Å². The third-order valence-corrected chi connectivity index (χ3v) is 3.44. The van der Waals surface area contributed by atoms with Gasteiger partial charge in [0.1, 0.15) is 6.61 Å². The number of rotatable bonds is 4. The Morgan fingerprint density at radius 2 is 2.13 bits per heavy atom. The second-order valence-corrected chi connectivity index (χ2v) is 5.05. The van der Waals surface area contributed by atoms with Crippen molar-refractivity contribution in [2.24, 2.45) is 23.5 Å². The lowest BCUT2D eigenvalue weighted by molar-refractivity contribution is -0.128. The van der Waals surface area contributed by atoms with Gasteiger partial charge in [-0.1, -0.05) is 33.6 Å². The number of nitrogens with two attached hydrogens (primary N) is 1. The van der Waals surface area contributed by atoms with E-state index in [0.29, 0.717) is 17.8 Å². The number of hydrogen-bond donors (Lipinski definition) is 1. The van der Waals surface area contributed by atoms with E-state index in [9.17, 15) is 4.79 Å². The third kappa shape index (κ3) is 3.49. The molecule has 0 aromatic carbocycles. The molecule has 1 fully saturated rings. The first-order chi connectivity index (χ1) is 7.02. The minimum Gasteiger partial charge on any atom is -0.368 e. The standard InChI is InChI=1S/C12H23NO2/c1-8(2)12-9(3)5-4-6-10(12)15-7-11(13)14/h8-10,12H,4-7H2,1-3H3,(H2,13,14). The molecule has 3 nitrogen and oxygen atoms in total. The molecule has 1 aliphatic rings. The van der Waals surface area contributed by atoms with Crippen LogP contribution in [0.15, 0.2) is 0 Å². The van der Waals surface area contributed by atoms with E-state index in [2.05, 4.69) is 20.8 Å². The predicted molar refractivity (Wildman–Crippen MR) is 60.3 cm³/mol. The van der Waals surface area contributed by atoms with Crippen LogP contribution in [0.2, 0.25) is 0 Å². The lowest BCUT2D eigenvalue weighted by Crippen LogP contribution is -2.38. The highest BCUT2D eigenvalue weighted by atomic mass is 16.5. The van der Waals surface area contributed by atoms with Crippen LogP contribution in [0, 0.1) is 17.8 Å². The molecule has 1 saturated carbocycles. The fraction of sp³-hybridized carbons (Fsp3) is 0.917. The molecule has 3 heteroatoms. The Balaban J connectivity index is 2.54. The third-order valence-electron chi connectivity index (χ3n) is 3.44. The molecular formula is C12H23NO2. The number of carbonyl (C=O) groups excluding carboxylic acids is 1. The van der Waals surface area contributed by atoms with E-state index in [1.165, 1.54) is 12.8 Å². The van der Waals surface area contributed by atoms with E-state index in [0.717, 1.165) is 6.42 Å². The molecule has 0 aromatic heterocycles. The van der Waals surface area contributed by atoms with Gasteiger partial charge >= 0.3 is 0 Å². The Morgan fingerprint density at radius 1 is 1.47 bits per heavy atom. The minimum absolute atomic E-state index is 0.0700. The molecular weight excluding hydrogens is 190 g/mol. The van der Waals surface area contributed by atoms with Gasteiger partial charge in [0, 0.05) is 0 Å². The van der Waals surface area contributed by atoms with Crippen molar-refractivity contribution in [1.29, 1.82) is 0 Å². The topological polar surface area (TPSA) is 52.3 Å². The molecule has 3 unspecified atom stereocenters. The van der Waals surface area contributed by atoms with Crippen LogP contribution >= 0.6 is 0 Å². The lowest BCUT2D eigenvalue weighted by Gasteiger charge is -2.38. The monoisotopic (exact) mass is 213 g/mol. The Bertz CT molecular complexity index is 216. The van der Waals surface area contributed by atoms with Gasteiger partial charge in [0.2, 0.25) is 5.91 Å². The summed E-state index contributed by atoms with van der Waals surface area (Å²) in [4.78, 5) is 10.7. The lowest BCUT2D eigenvalue weighted by atomic mass is 9.72. The maximum absolute atomic E-state index is 10.7. The first-order valence-electron chi connectivity index (χ1n) is 5.92. The van der Waals surface area contributed by atoms with E-state index in [4.69, 9.17) is 10.5 Å².